The molecule has 0 aliphatic carbocycles. The second-order valence-electron chi connectivity index (χ2n) is 7.02. The molecule has 1 atom stereocenters. The number of ketones is 1. The lowest BCUT2D eigenvalue weighted by Crippen LogP contribution is -2.41. The number of phenols is 1. The zero-order chi connectivity index (χ0) is 20.6. The lowest BCUT2D eigenvalue weighted by atomic mass is 9.88. The Kier molecular flexibility index (Phi) is 4.64. The molecule has 0 radical (unpaired) electrons. The molecule has 29 heavy (non-hydrogen) atoms. The summed E-state index contributed by atoms with van der Waals surface area (Å²) < 4.78 is 13.6. The number of Topliss-reactive ketones (excluding diaryl/α,β-unsaturated/α-hetero) is 1. The molecule has 2 N–H and O–H groups in total. The molecule has 146 valence electrons. The van der Waals surface area contributed by atoms with Crippen LogP contribution in [0.4, 0.5) is 10.1 Å². The van der Waals surface area contributed by atoms with Gasteiger partial charge in [0.15, 0.2) is 11.4 Å². The first kappa shape index (κ1) is 18.8. The van der Waals surface area contributed by atoms with Crippen molar-refractivity contribution < 1.29 is 24.2 Å². The number of hydrogen-bond acceptors (Lipinski definition) is 4. The van der Waals surface area contributed by atoms with Crippen molar-refractivity contribution in [2.45, 2.75) is 18.6 Å². The first-order valence-electron chi connectivity index (χ1n) is 9.09. The quantitative estimate of drug-likeness (QED) is 0.652. The van der Waals surface area contributed by atoms with Crippen LogP contribution in [0.3, 0.4) is 0 Å². The van der Waals surface area contributed by atoms with Gasteiger partial charge in [0, 0.05) is 5.56 Å². The second kappa shape index (κ2) is 7.14. The van der Waals surface area contributed by atoms with Gasteiger partial charge in [0.25, 0.3) is 5.91 Å². The maximum atomic E-state index is 13.6. The highest BCUT2D eigenvalue weighted by molar-refractivity contribution is 6.11. The fraction of sp³-hybridized carbons (Fsp3) is 0.130. The molecule has 3 aromatic carbocycles. The van der Waals surface area contributed by atoms with Crippen molar-refractivity contribution in [3.8, 4) is 5.75 Å². The van der Waals surface area contributed by atoms with Crippen LogP contribution in [0.25, 0.3) is 0 Å². The van der Waals surface area contributed by atoms with Crippen LogP contribution >= 0.6 is 0 Å². The van der Waals surface area contributed by atoms with Gasteiger partial charge in [-0.3, -0.25) is 9.59 Å². The Bertz CT molecular complexity index is 1110. The lowest BCUT2D eigenvalue weighted by molar-refractivity contribution is -0.136. The molecule has 4 rings (SSSR count). The van der Waals surface area contributed by atoms with Crippen molar-refractivity contribution in [1.82, 2.24) is 0 Å². The molecule has 1 aliphatic heterocycles. The summed E-state index contributed by atoms with van der Waals surface area (Å²) in [7, 11) is 0. The Labute approximate surface area is 166 Å². The van der Waals surface area contributed by atoms with Gasteiger partial charge in [0.2, 0.25) is 0 Å². The zero-order valence-corrected chi connectivity index (χ0v) is 15.4. The van der Waals surface area contributed by atoms with E-state index in [1.54, 1.807) is 48.5 Å². The molecule has 0 saturated carbocycles. The van der Waals surface area contributed by atoms with Crippen molar-refractivity contribution >= 4 is 17.4 Å². The fourth-order valence-corrected chi connectivity index (χ4v) is 3.69. The second-order valence-corrected chi connectivity index (χ2v) is 7.02. The van der Waals surface area contributed by atoms with E-state index >= 15 is 0 Å². The molecule has 1 aliphatic rings. The summed E-state index contributed by atoms with van der Waals surface area (Å²) in [5.74, 6) is -1.85. The zero-order valence-electron chi connectivity index (χ0n) is 15.4. The first-order valence-corrected chi connectivity index (χ1v) is 9.09. The standard InChI is InChI=1S/C23H18FNO4/c24-16-7-5-6-15(12-16)14-25-19-10-3-2-9-18(19)23(29,22(25)28)13-21(27)17-8-1-4-11-20(17)26/h1-12,26,29H,13-14H2. The SMILES string of the molecule is O=C(CC1(O)C(=O)N(Cc2cccc(F)c2)c2ccccc21)c1ccccc1O. The topological polar surface area (TPSA) is 77.8 Å². The van der Waals surface area contributed by atoms with E-state index in [0.717, 1.165) is 0 Å². The van der Waals surface area contributed by atoms with E-state index in [4.69, 9.17) is 0 Å². The van der Waals surface area contributed by atoms with Crippen molar-refractivity contribution in [1.29, 1.82) is 0 Å². The fourth-order valence-electron chi connectivity index (χ4n) is 3.69. The number of aliphatic hydroxyl groups is 1. The van der Waals surface area contributed by atoms with Crippen molar-refractivity contribution in [3.05, 3.63) is 95.3 Å². The molecule has 0 spiro atoms. The number of carbonyl (C=O) groups is 2. The van der Waals surface area contributed by atoms with Crippen LogP contribution in [-0.2, 0) is 16.9 Å². The summed E-state index contributed by atoms with van der Waals surface area (Å²) in [5, 5.41) is 21.2. The maximum absolute atomic E-state index is 13.6. The molecule has 1 unspecified atom stereocenters. The first-order chi connectivity index (χ1) is 13.9. The Hall–Kier alpha value is -3.51. The van der Waals surface area contributed by atoms with E-state index in [0.29, 0.717) is 16.8 Å². The number of anilines is 1. The van der Waals surface area contributed by atoms with Crippen molar-refractivity contribution in [2.24, 2.45) is 0 Å². The summed E-state index contributed by atoms with van der Waals surface area (Å²) in [6, 6.07) is 18.5. The Morgan fingerprint density at radius 2 is 1.72 bits per heavy atom. The number of aromatic hydroxyl groups is 1. The Morgan fingerprint density at radius 1 is 1.00 bits per heavy atom. The van der Waals surface area contributed by atoms with Crippen molar-refractivity contribution in [2.75, 3.05) is 4.90 Å². The van der Waals surface area contributed by atoms with E-state index in [-0.39, 0.29) is 17.9 Å². The molecule has 3 aromatic rings. The van der Waals surface area contributed by atoms with Crippen LogP contribution in [0, 0.1) is 5.82 Å². The number of benzene rings is 3. The largest absolute Gasteiger partial charge is 0.507 e. The number of carbonyl (C=O) groups excluding carboxylic acids is 2. The number of nitrogens with zero attached hydrogens (tertiary/aromatic N) is 1. The number of para-hydroxylation sites is 2. The third-order valence-electron chi connectivity index (χ3n) is 5.09. The normalized spacial score (nSPS) is 18.0. The smallest absolute Gasteiger partial charge is 0.264 e. The molecule has 1 heterocycles. The van der Waals surface area contributed by atoms with Gasteiger partial charge in [-0.1, -0.05) is 42.5 Å². The number of fused-ring (bicyclic) bond motifs is 1. The average Bonchev–Trinajstić information content (AvgIpc) is 2.90. The van der Waals surface area contributed by atoms with E-state index < -0.39 is 29.5 Å². The highest BCUT2D eigenvalue weighted by Crippen LogP contribution is 2.43. The van der Waals surface area contributed by atoms with Crippen LogP contribution in [0.1, 0.15) is 27.9 Å². The van der Waals surface area contributed by atoms with Gasteiger partial charge >= 0.3 is 0 Å². The number of rotatable bonds is 5. The summed E-state index contributed by atoms with van der Waals surface area (Å²) in [4.78, 5) is 27.3. The average molecular weight is 391 g/mol. The van der Waals surface area contributed by atoms with Gasteiger partial charge in [-0.25, -0.2) is 4.39 Å². The number of hydrogen-bond donors (Lipinski definition) is 2. The van der Waals surface area contributed by atoms with Crippen LogP contribution in [0.15, 0.2) is 72.8 Å². The molecule has 0 aromatic heterocycles. The van der Waals surface area contributed by atoms with Gasteiger partial charge in [-0.15, -0.1) is 0 Å². The van der Waals surface area contributed by atoms with Crippen LogP contribution in [-0.4, -0.2) is 21.9 Å². The summed E-state index contributed by atoms with van der Waals surface area (Å²) in [6.45, 7) is 0.0562. The highest BCUT2D eigenvalue weighted by atomic mass is 19.1. The minimum absolute atomic E-state index is 0.0368. The molecule has 0 bridgehead atoms. The molecule has 1 amide bonds. The van der Waals surface area contributed by atoms with Crippen LogP contribution in [0.2, 0.25) is 0 Å². The van der Waals surface area contributed by atoms with E-state index in [1.165, 1.54) is 29.2 Å². The maximum Gasteiger partial charge on any atom is 0.264 e. The van der Waals surface area contributed by atoms with Gasteiger partial charge in [0.05, 0.1) is 24.2 Å². The number of halogens is 1. The minimum atomic E-state index is -2.07. The third kappa shape index (κ3) is 3.28. The Balaban J connectivity index is 1.70. The predicted molar refractivity (Wildman–Crippen MR) is 105 cm³/mol. The van der Waals surface area contributed by atoms with E-state index in [1.807, 2.05) is 0 Å². The molecule has 6 heteroatoms. The third-order valence-corrected chi connectivity index (χ3v) is 5.09. The number of amides is 1. The van der Waals surface area contributed by atoms with E-state index in [2.05, 4.69) is 0 Å². The summed E-state index contributed by atoms with van der Waals surface area (Å²) in [6.07, 6.45) is -0.514. The van der Waals surface area contributed by atoms with Gasteiger partial charge < -0.3 is 15.1 Å². The predicted octanol–water partition coefficient (Wildman–Crippen LogP) is 3.54. The summed E-state index contributed by atoms with van der Waals surface area (Å²) >= 11 is 0. The molecule has 5 nitrogen and oxygen atoms in total. The van der Waals surface area contributed by atoms with Gasteiger partial charge in [0.1, 0.15) is 11.6 Å². The minimum Gasteiger partial charge on any atom is -0.507 e. The number of phenolic OH excluding ortho intramolecular Hbond substituents is 1. The lowest BCUT2D eigenvalue weighted by Gasteiger charge is -2.23. The molecule has 0 fully saturated rings. The van der Waals surface area contributed by atoms with Crippen molar-refractivity contribution in [3.63, 3.8) is 0 Å². The van der Waals surface area contributed by atoms with Gasteiger partial charge in [-0.2, -0.15) is 0 Å². The molecular weight excluding hydrogens is 373 g/mol. The van der Waals surface area contributed by atoms with Crippen LogP contribution < -0.4 is 4.90 Å². The highest BCUT2D eigenvalue weighted by Gasteiger charge is 2.50. The van der Waals surface area contributed by atoms with Crippen LogP contribution in [0.5, 0.6) is 5.75 Å². The monoisotopic (exact) mass is 391 g/mol. The molecular formula is C23H18FNO4. The van der Waals surface area contributed by atoms with E-state index in [9.17, 15) is 24.2 Å². The Morgan fingerprint density at radius 3 is 2.48 bits per heavy atom. The summed E-state index contributed by atoms with van der Waals surface area (Å²) in [5.41, 5.74) is -0.692. The van der Waals surface area contributed by atoms with Gasteiger partial charge in [-0.05, 0) is 35.9 Å². The molecule has 0 saturated heterocycles.